The Morgan fingerprint density at radius 1 is 1.25 bits per heavy atom. The molecule has 0 aliphatic heterocycles. The average Bonchev–Trinajstić information content (AvgIpc) is 2.38. The minimum Gasteiger partial charge on any atom is -0.481 e. The maximum Gasteiger partial charge on any atom is 0.303 e. The van der Waals surface area contributed by atoms with Crippen molar-refractivity contribution in [3.05, 3.63) is 23.2 Å². The molecule has 0 spiro atoms. The largest absolute Gasteiger partial charge is 0.481 e. The third kappa shape index (κ3) is 5.47. The smallest absolute Gasteiger partial charge is 0.303 e. The number of carbonyl (C=O) groups is 2. The molecule has 0 bridgehead atoms. The topological polar surface area (TPSA) is 104 Å². The van der Waals surface area contributed by atoms with Crippen molar-refractivity contribution in [2.75, 3.05) is 19.4 Å². The first-order chi connectivity index (χ1) is 10.8. The highest BCUT2D eigenvalue weighted by molar-refractivity contribution is 7.89. The summed E-state index contributed by atoms with van der Waals surface area (Å²) in [6, 6.07) is 4.01. The van der Waals surface area contributed by atoms with E-state index in [9.17, 15) is 18.0 Å². The van der Waals surface area contributed by atoms with Crippen LogP contribution in [0.15, 0.2) is 23.1 Å². The van der Waals surface area contributed by atoms with Gasteiger partial charge in [0, 0.05) is 20.5 Å². The van der Waals surface area contributed by atoms with Gasteiger partial charge in [-0.25, -0.2) is 12.7 Å². The lowest BCUT2D eigenvalue weighted by Crippen LogP contribution is -2.25. The molecule has 1 aromatic carbocycles. The zero-order valence-corrected chi connectivity index (χ0v) is 15.5. The molecule has 0 aromatic heterocycles. The number of nitrogens with one attached hydrogen (secondary N) is 1. The molecule has 2 N–H and O–H groups in total. The van der Waals surface area contributed by atoms with Crippen molar-refractivity contribution in [1.82, 2.24) is 4.31 Å². The number of carboxylic acid groups (broad SMARTS) is 1. The molecule has 0 fully saturated rings. The molecular weight excluding hydrogens is 356 g/mol. The molecule has 0 heterocycles. The first-order valence-electron chi connectivity index (χ1n) is 7.09. The molecule has 9 heteroatoms. The van der Waals surface area contributed by atoms with Crippen molar-refractivity contribution in [1.29, 1.82) is 0 Å². The molecule has 0 atom stereocenters. The summed E-state index contributed by atoms with van der Waals surface area (Å²) in [6.45, 7) is 3.32. The molecule has 24 heavy (non-hydrogen) atoms. The summed E-state index contributed by atoms with van der Waals surface area (Å²) in [5, 5.41) is 11.6. The van der Waals surface area contributed by atoms with Gasteiger partial charge in [0.1, 0.15) is 0 Å². The summed E-state index contributed by atoms with van der Waals surface area (Å²) in [7, 11) is -0.858. The predicted molar refractivity (Wildman–Crippen MR) is 91.6 cm³/mol. The zero-order valence-electron chi connectivity index (χ0n) is 14.0. The van der Waals surface area contributed by atoms with E-state index in [-0.39, 0.29) is 28.4 Å². The van der Waals surface area contributed by atoms with Crippen LogP contribution in [0.4, 0.5) is 5.69 Å². The molecule has 1 aromatic rings. The standard InChI is InChI=1S/C15H21ClN2O5S/c1-15(2,9-14(20)21)8-13(19)17-12-7-10(5-6-11(12)16)24(22,23)18(3)4/h5-7H,8-9H2,1-4H3,(H,17,19)(H,20,21). The Balaban J connectivity index is 2.99. The van der Waals surface area contributed by atoms with Gasteiger partial charge in [-0.1, -0.05) is 25.4 Å². The number of sulfonamides is 1. The van der Waals surface area contributed by atoms with Gasteiger partial charge < -0.3 is 10.4 Å². The van der Waals surface area contributed by atoms with Gasteiger partial charge in [-0.2, -0.15) is 0 Å². The van der Waals surface area contributed by atoms with Crippen LogP contribution < -0.4 is 5.32 Å². The molecular formula is C15H21ClN2O5S. The number of amides is 1. The van der Waals surface area contributed by atoms with Gasteiger partial charge in [0.15, 0.2) is 0 Å². The van der Waals surface area contributed by atoms with Gasteiger partial charge in [0.25, 0.3) is 0 Å². The number of nitrogens with zero attached hydrogens (tertiary/aromatic N) is 1. The Morgan fingerprint density at radius 2 is 1.83 bits per heavy atom. The fraction of sp³-hybridized carbons (Fsp3) is 0.467. The van der Waals surface area contributed by atoms with E-state index >= 15 is 0 Å². The number of anilines is 1. The minimum atomic E-state index is -3.66. The number of benzene rings is 1. The van der Waals surface area contributed by atoms with Crippen LogP contribution in [-0.2, 0) is 19.6 Å². The van der Waals surface area contributed by atoms with E-state index in [0.29, 0.717) is 0 Å². The van der Waals surface area contributed by atoms with Crippen molar-refractivity contribution in [2.45, 2.75) is 31.6 Å². The highest BCUT2D eigenvalue weighted by Crippen LogP contribution is 2.29. The van der Waals surface area contributed by atoms with Crippen LogP contribution in [0, 0.1) is 5.41 Å². The van der Waals surface area contributed by atoms with Gasteiger partial charge in [-0.05, 0) is 23.6 Å². The van der Waals surface area contributed by atoms with E-state index in [1.807, 2.05) is 0 Å². The summed E-state index contributed by atoms with van der Waals surface area (Å²) in [6.07, 6.45) is -0.205. The van der Waals surface area contributed by atoms with Crippen molar-refractivity contribution in [3.63, 3.8) is 0 Å². The Bertz CT molecular complexity index is 744. The predicted octanol–water partition coefficient (Wildman–Crippen LogP) is 2.42. The third-order valence-corrected chi connectivity index (χ3v) is 5.40. The Labute approximate surface area is 146 Å². The SMILES string of the molecule is CN(C)S(=O)(=O)c1ccc(Cl)c(NC(=O)CC(C)(C)CC(=O)O)c1. The van der Waals surface area contributed by atoms with Gasteiger partial charge in [-0.15, -0.1) is 0 Å². The molecule has 7 nitrogen and oxygen atoms in total. The van der Waals surface area contributed by atoms with E-state index in [4.69, 9.17) is 16.7 Å². The summed E-state index contributed by atoms with van der Waals surface area (Å²) in [5.74, 6) is -1.44. The molecule has 0 saturated carbocycles. The van der Waals surface area contributed by atoms with Crippen LogP contribution in [0.3, 0.4) is 0 Å². The van der Waals surface area contributed by atoms with Crippen LogP contribution >= 0.6 is 11.6 Å². The van der Waals surface area contributed by atoms with E-state index in [1.54, 1.807) is 13.8 Å². The highest BCUT2D eigenvalue weighted by Gasteiger charge is 2.26. The zero-order chi connectivity index (χ0) is 18.7. The minimum absolute atomic E-state index is 0.00278. The monoisotopic (exact) mass is 376 g/mol. The summed E-state index contributed by atoms with van der Waals surface area (Å²) < 4.78 is 25.3. The summed E-state index contributed by atoms with van der Waals surface area (Å²) >= 11 is 6.01. The van der Waals surface area contributed by atoms with Crippen LogP contribution in [0.2, 0.25) is 5.02 Å². The third-order valence-electron chi connectivity index (χ3n) is 3.26. The maximum atomic E-state index is 12.1. The lowest BCUT2D eigenvalue weighted by molar-refractivity contribution is -0.139. The number of carbonyl (C=O) groups excluding carboxylic acids is 1. The number of halogens is 1. The second-order valence-electron chi connectivity index (χ2n) is 6.39. The fourth-order valence-corrected chi connectivity index (χ4v) is 3.17. The van der Waals surface area contributed by atoms with Gasteiger partial charge >= 0.3 is 5.97 Å². The van der Waals surface area contributed by atoms with Crippen LogP contribution in [0.25, 0.3) is 0 Å². The average molecular weight is 377 g/mol. The number of hydrogen-bond acceptors (Lipinski definition) is 4. The second kappa shape index (κ2) is 7.50. The molecule has 1 rings (SSSR count). The van der Waals surface area contributed by atoms with Crippen LogP contribution in [0.5, 0.6) is 0 Å². The highest BCUT2D eigenvalue weighted by atomic mass is 35.5. The fourth-order valence-electron chi connectivity index (χ4n) is 2.07. The van der Waals surface area contributed by atoms with Crippen LogP contribution in [-0.4, -0.2) is 43.8 Å². The molecule has 1 amide bonds. The van der Waals surface area contributed by atoms with Crippen molar-refractivity contribution in [2.24, 2.45) is 5.41 Å². The van der Waals surface area contributed by atoms with E-state index in [2.05, 4.69) is 5.32 Å². The Hall–Kier alpha value is -1.64. The summed E-state index contributed by atoms with van der Waals surface area (Å²) in [4.78, 5) is 22.9. The maximum absolute atomic E-state index is 12.1. The van der Waals surface area contributed by atoms with E-state index in [0.717, 1.165) is 4.31 Å². The quantitative estimate of drug-likeness (QED) is 0.760. The first kappa shape index (κ1) is 20.4. The molecule has 0 aliphatic rings. The number of rotatable bonds is 7. The van der Waals surface area contributed by atoms with Crippen molar-refractivity contribution in [3.8, 4) is 0 Å². The Kier molecular flexibility index (Phi) is 6.38. The molecule has 0 aliphatic carbocycles. The van der Waals surface area contributed by atoms with Crippen molar-refractivity contribution >= 4 is 39.2 Å². The lowest BCUT2D eigenvalue weighted by Gasteiger charge is -2.21. The van der Waals surface area contributed by atoms with E-state index in [1.165, 1.54) is 32.3 Å². The number of aliphatic carboxylic acids is 1. The van der Waals surface area contributed by atoms with Gasteiger partial charge in [0.05, 0.1) is 22.0 Å². The van der Waals surface area contributed by atoms with Gasteiger partial charge in [-0.3, -0.25) is 9.59 Å². The van der Waals surface area contributed by atoms with Gasteiger partial charge in [0.2, 0.25) is 15.9 Å². The first-order valence-corrected chi connectivity index (χ1v) is 8.91. The number of hydrogen-bond donors (Lipinski definition) is 2. The molecule has 134 valence electrons. The normalized spacial score (nSPS) is 12.2. The van der Waals surface area contributed by atoms with Crippen LogP contribution in [0.1, 0.15) is 26.7 Å². The van der Waals surface area contributed by atoms with E-state index < -0.39 is 27.3 Å². The molecule has 0 unspecified atom stereocenters. The summed E-state index contributed by atoms with van der Waals surface area (Å²) in [5.41, 5.74) is -0.578. The van der Waals surface area contributed by atoms with Crippen molar-refractivity contribution < 1.29 is 23.1 Å². The lowest BCUT2D eigenvalue weighted by atomic mass is 9.85. The second-order valence-corrected chi connectivity index (χ2v) is 8.95. The Morgan fingerprint density at radius 3 is 2.33 bits per heavy atom. The number of carboxylic acids is 1. The molecule has 0 radical (unpaired) electrons. The molecule has 0 saturated heterocycles.